The predicted molar refractivity (Wildman–Crippen MR) is 83.6 cm³/mol. The first-order valence-corrected chi connectivity index (χ1v) is 7.83. The van der Waals surface area contributed by atoms with E-state index in [4.69, 9.17) is 9.15 Å². The number of hydrogen-bond acceptors (Lipinski definition) is 5. The second-order valence-corrected chi connectivity index (χ2v) is 6.27. The summed E-state index contributed by atoms with van der Waals surface area (Å²) in [5, 5.41) is 2.62. The lowest BCUT2D eigenvalue weighted by molar-refractivity contribution is -0.135. The maximum absolute atomic E-state index is 12.4. The second kappa shape index (κ2) is 4.81. The summed E-state index contributed by atoms with van der Waals surface area (Å²) in [5.41, 5.74) is 1.52. The summed E-state index contributed by atoms with van der Waals surface area (Å²) in [6, 6.07) is 9.10. The summed E-state index contributed by atoms with van der Waals surface area (Å²) in [6.45, 7) is 1.98. The maximum Gasteiger partial charge on any atom is 0.343 e. The minimum Gasteiger partial charge on any atom is -0.425 e. The lowest BCUT2D eigenvalue weighted by atomic mass is 9.90. The molecule has 1 atom stereocenters. The smallest absolute Gasteiger partial charge is 0.343 e. The normalized spacial score (nSPS) is 17.3. The molecule has 0 fully saturated rings. The van der Waals surface area contributed by atoms with Crippen molar-refractivity contribution in [1.29, 1.82) is 0 Å². The highest BCUT2D eigenvalue weighted by Crippen LogP contribution is 2.42. The van der Waals surface area contributed by atoms with Gasteiger partial charge in [-0.1, -0.05) is 12.1 Å². The van der Waals surface area contributed by atoms with Crippen molar-refractivity contribution in [3.8, 4) is 5.75 Å². The molecule has 2 aromatic heterocycles. The standard InChI is InChI=1S/C17H12O4S/c1-9-6-7-22-16(9)11-8-13(18)21-15-10-4-2-3-5-12(10)20-17(19)14(11)15/h2-7,11H,8H2,1H3. The molecule has 3 aromatic rings. The van der Waals surface area contributed by atoms with Crippen molar-refractivity contribution in [2.24, 2.45) is 0 Å². The van der Waals surface area contributed by atoms with E-state index in [1.807, 2.05) is 24.4 Å². The van der Waals surface area contributed by atoms with Crippen LogP contribution >= 0.6 is 11.3 Å². The Morgan fingerprint density at radius 3 is 2.77 bits per heavy atom. The van der Waals surface area contributed by atoms with Gasteiger partial charge in [0.15, 0.2) is 5.75 Å². The molecule has 0 aliphatic carbocycles. The van der Waals surface area contributed by atoms with Crippen LogP contribution in [0.1, 0.15) is 28.3 Å². The summed E-state index contributed by atoms with van der Waals surface area (Å²) in [7, 11) is 0. The van der Waals surface area contributed by atoms with Gasteiger partial charge in [0.25, 0.3) is 0 Å². The molecule has 110 valence electrons. The van der Waals surface area contributed by atoms with Crippen LogP contribution < -0.4 is 10.4 Å². The number of para-hydroxylation sites is 1. The minimum atomic E-state index is -0.431. The molecule has 0 radical (unpaired) electrons. The number of esters is 1. The van der Waals surface area contributed by atoms with Crippen LogP contribution in [0.4, 0.5) is 0 Å². The largest absolute Gasteiger partial charge is 0.425 e. The quantitative estimate of drug-likeness (QED) is 0.509. The highest BCUT2D eigenvalue weighted by Gasteiger charge is 2.34. The summed E-state index contributed by atoms with van der Waals surface area (Å²) < 4.78 is 10.8. The van der Waals surface area contributed by atoms with Crippen molar-refractivity contribution in [1.82, 2.24) is 0 Å². The molecule has 0 saturated carbocycles. The Kier molecular flexibility index (Phi) is 2.90. The van der Waals surface area contributed by atoms with Crippen LogP contribution in [0.2, 0.25) is 0 Å². The fourth-order valence-corrected chi connectivity index (χ4v) is 3.97. The Labute approximate surface area is 130 Å². The third kappa shape index (κ3) is 1.89. The highest BCUT2D eigenvalue weighted by atomic mass is 32.1. The van der Waals surface area contributed by atoms with Crippen LogP contribution in [0.3, 0.4) is 0 Å². The summed E-state index contributed by atoms with van der Waals surface area (Å²) in [5.74, 6) is -0.265. The van der Waals surface area contributed by atoms with E-state index < -0.39 is 5.63 Å². The third-order valence-corrected chi connectivity index (χ3v) is 5.08. The average Bonchev–Trinajstić information content (AvgIpc) is 2.92. The van der Waals surface area contributed by atoms with Gasteiger partial charge < -0.3 is 9.15 Å². The van der Waals surface area contributed by atoms with E-state index in [1.54, 1.807) is 29.5 Å². The van der Waals surface area contributed by atoms with Gasteiger partial charge in [0.2, 0.25) is 0 Å². The molecule has 1 aliphatic rings. The van der Waals surface area contributed by atoms with Gasteiger partial charge >= 0.3 is 11.6 Å². The van der Waals surface area contributed by atoms with Crippen molar-refractivity contribution < 1.29 is 13.9 Å². The van der Waals surface area contributed by atoms with E-state index in [-0.39, 0.29) is 18.3 Å². The topological polar surface area (TPSA) is 56.5 Å². The number of carbonyl (C=O) groups excluding carboxylic acids is 1. The first-order chi connectivity index (χ1) is 10.6. The van der Waals surface area contributed by atoms with Crippen molar-refractivity contribution in [3.05, 3.63) is 62.1 Å². The number of benzene rings is 1. The number of rotatable bonds is 1. The summed E-state index contributed by atoms with van der Waals surface area (Å²) in [6.07, 6.45) is 0.164. The zero-order valence-corrected chi connectivity index (χ0v) is 12.6. The average molecular weight is 312 g/mol. The maximum atomic E-state index is 12.4. The van der Waals surface area contributed by atoms with E-state index in [9.17, 15) is 9.59 Å². The molecule has 0 saturated heterocycles. The number of aryl methyl sites for hydroxylation is 1. The molecular formula is C17H12O4S. The lowest BCUT2D eigenvalue weighted by Crippen LogP contribution is -2.26. The zero-order valence-electron chi connectivity index (χ0n) is 11.8. The fraction of sp³-hybridized carbons (Fsp3) is 0.176. The van der Waals surface area contributed by atoms with Crippen LogP contribution in [0.5, 0.6) is 5.75 Å². The van der Waals surface area contributed by atoms with Crippen molar-refractivity contribution >= 4 is 28.3 Å². The Bertz CT molecular complexity index is 951. The fourth-order valence-electron chi connectivity index (χ4n) is 2.94. The summed E-state index contributed by atoms with van der Waals surface area (Å²) >= 11 is 1.55. The van der Waals surface area contributed by atoms with Gasteiger partial charge in [0.05, 0.1) is 17.4 Å². The Morgan fingerprint density at radius 1 is 1.18 bits per heavy atom. The number of hydrogen-bond donors (Lipinski definition) is 0. The van der Waals surface area contributed by atoms with E-state index >= 15 is 0 Å². The van der Waals surface area contributed by atoms with Crippen LogP contribution in [0.25, 0.3) is 11.0 Å². The van der Waals surface area contributed by atoms with Crippen molar-refractivity contribution in [2.45, 2.75) is 19.3 Å². The molecule has 0 N–H and O–H groups in total. The molecule has 3 heterocycles. The van der Waals surface area contributed by atoms with Gasteiger partial charge in [0.1, 0.15) is 5.58 Å². The van der Waals surface area contributed by atoms with Crippen LogP contribution in [-0.2, 0) is 4.79 Å². The van der Waals surface area contributed by atoms with Crippen molar-refractivity contribution in [3.63, 3.8) is 0 Å². The van der Waals surface area contributed by atoms with E-state index in [0.29, 0.717) is 22.3 Å². The van der Waals surface area contributed by atoms with Gasteiger partial charge in [-0.25, -0.2) is 4.79 Å². The first kappa shape index (κ1) is 13.3. The molecule has 4 nitrogen and oxygen atoms in total. The zero-order chi connectivity index (χ0) is 15.3. The molecule has 4 rings (SSSR count). The third-order valence-electron chi connectivity index (χ3n) is 3.95. The van der Waals surface area contributed by atoms with Gasteiger partial charge in [-0.15, -0.1) is 11.3 Å². The number of fused-ring (bicyclic) bond motifs is 3. The minimum absolute atomic E-state index is 0.164. The molecule has 1 unspecified atom stereocenters. The molecule has 0 bridgehead atoms. The molecular weight excluding hydrogens is 300 g/mol. The SMILES string of the molecule is Cc1ccsc1C1CC(=O)Oc2c1c(=O)oc1ccccc21. The van der Waals surface area contributed by atoms with Gasteiger partial charge in [-0.2, -0.15) is 0 Å². The monoisotopic (exact) mass is 312 g/mol. The molecule has 5 heteroatoms. The van der Waals surface area contributed by atoms with Crippen LogP contribution in [-0.4, -0.2) is 5.97 Å². The molecule has 1 aromatic carbocycles. The Balaban J connectivity index is 2.06. The van der Waals surface area contributed by atoms with Gasteiger partial charge in [-0.3, -0.25) is 4.79 Å². The van der Waals surface area contributed by atoms with Crippen LogP contribution in [0, 0.1) is 6.92 Å². The van der Waals surface area contributed by atoms with Crippen molar-refractivity contribution in [2.75, 3.05) is 0 Å². The Hall–Kier alpha value is -2.40. The van der Waals surface area contributed by atoms with E-state index in [1.165, 1.54) is 0 Å². The van der Waals surface area contributed by atoms with E-state index in [2.05, 4.69) is 0 Å². The van der Waals surface area contributed by atoms with E-state index in [0.717, 1.165) is 10.4 Å². The molecule has 1 aliphatic heterocycles. The summed E-state index contributed by atoms with van der Waals surface area (Å²) in [4.78, 5) is 25.5. The van der Waals surface area contributed by atoms with Gasteiger partial charge in [-0.05, 0) is 36.1 Å². The van der Waals surface area contributed by atoms with Crippen LogP contribution in [0.15, 0.2) is 44.9 Å². The lowest BCUT2D eigenvalue weighted by Gasteiger charge is -2.23. The first-order valence-electron chi connectivity index (χ1n) is 6.95. The molecule has 0 spiro atoms. The number of ether oxygens (including phenoxy) is 1. The highest BCUT2D eigenvalue weighted by molar-refractivity contribution is 7.10. The number of thiophene rings is 1. The van der Waals surface area contributed by atoms with Gasteiger partial charge in [0, 0.05) is 10.8 Å². The Morgan fingerprint density at radius 2 is 2.00 bits per heavy atom. The molecule has 22 heavy (non-hydrogen) atoms. The molecule has 0 amide bonds. The number of carbonyl (C=O) groups is 1. The predicted octanol–water partition coefficient (Wildman–Crippen LogP) is 3.60. The second-order valence-electron chi connectivity index (χ2n) is 5.33.